The van der Waals surface area contributed by atoms with Gasteiger partial charge in [-0.3, -0.25) is 4.99 Å². The van der Waals surface area contributed by atoms with Crippen LogP contribution in [-0.4, -0.2) is 47.7 Å². The van der Waals surface area contributed by atoms with Gasteiger partial charge in [-0.1, -0.05) is 26.7 Å². The first kappa shape index (κ1) is 20.0. The van der Waals surface area contributed by atoms with E-state index in [4.69, 9.17) is 4.99 Å². The number of likely N-dealkylation sites (tertiary alicyclic amines) is 1. The second-order valence-electron chi connectivity index (χ2n) is 6.82. The molecule has 0 aromatic heterocycles. The zero-order valence-corrected chi connectivity index (χ0v) is 16.8. The summed E-state index contributed by atoms with van der Waals surface area (Å²) >= 11 is 0. The lowest BCUT2D eigenvalue weighted by Crippen LogP contribution is -2.44. The van der Waals surface area contributed by atoms with E-state index in [1.54, 1.807) is 0 Å². The van der Waals surface area contributed by atoms with Crippen molar-refractivity contribution in [2.45, 2.75) is 64.9 Å². The third-order valence-electron chi connectivity index (χ3n) is 5.38. The third kappa shape index (κ3) is 4.98. The quantitative estimate of drug-likeness (QED) is 0.392. The van der Waals surface area contributed by atoms with Crippen molar-refractivity contribution in [1.82, 2.24) is 10.2 Å². The van der Waals surface area contributed by atoms with Crippen LogP contribution in [0.3, 0.4) is 0 Å². The molecule has 2 aliphatic rings. The van der Waals surface area contributed by atoms with Crippen molar-refractivity contribution in [3.8, 4) is 0 Å². The van der Waals surface area contributed by atoms with Gasteiger partial charge in [0, 0.05) is 19.6 Å². The van der Waals surface area contributed by atoms with E-state index in [0.717, 1.165) is 56.7 Å². The molecule has 1 atom stereocenters. The van der Waals surface area contributed by atoms with E-state index in [1.807, 2.05) is 0 Å². The Morgan fingerprint density at radius 3 is 2.50 bits per heavy atom. The molecule has 5 heteroatoms. The van der Waals surface area contributed by atoms with Crippen LogP contribution in [0, 0.1) is 11.8 Å². The van der Waals surface area contributed by atoms with Gasteiger partial charge in [-0.2, -0.15) is 0 Å². The average molecular weight is 423 g/mol. The molecule has 1 aliphatic heterocycles. The van der Waals surface area contributed by atoms with Crippen LogP contribution in [-0.2, 0) is 0 Å². The van der Waals surface area contributed by atoms with Crippen LogP contribution in [0.15, 0.2) is 4.99 Å². The van der Waals surface area contributed by atoms with Crippen molar-refractivity contribution in [3.05, 3.63) is 0 Å². The molecule has 130 valence electrons. The maximum Gasteiger partial charge on any atom is 0.194 e. The molecular weight excluding hydrogens is 389 g/mol. The van der Waals surface area contributed by atoms with E-state index in [2.05, 4.69) is 31.0 Å². The summed E-state index contributed by atoms with van der Waals surface area (Å²) in [6.07, 6.45) is 6.80. The van der Waals surface area contributed by atoms with Gasteiger partial charge in [-0.15, -0.1) is 24.0 Å². The molecule has 1 saturated heterocycles. The smallest absolute Gasteiger partial charge is 0.194 e. The molecule has 0 aromatic rings. The van der Waals surface area contributed by atoms with Crippen molar-refractivity contribution >= 4 is 29.9 Å². The van der Waals surface area contributed by atoms with Crippen molar-refractivity contribution in [2.75, 3.05) is 26.2 Å². The van der Waals surface area contributed by atoms with Crippen LogP contribution in [0.25, 0.3) is 0 Å². The van der Waals surface area contributed by atoms with E-state index in [9.17, 15) is 5.11 Å². The predicted molar refractivity (Wildman–Crippen MR) is 104 cm³/mol. The summed E-state index contributed by atoms with van der Waals surface area (Å²) in [6.45, 7) is 10.4. The Kier molecular flexibility index (Phi) is 8.46. The minimum absolute atomic E-state index is 0. The number of nitrogens with one attached hydrogen (secondary N) is 1. The number of hydrogen-bond donors (Lipinski definition) is 2. The fraction of sp³-hybridized carbons (Fsp3) is 0.941. The fourth-order valence-corrected chi connectivity index (χ4v) is 3.71. The molecule has 1 aliphatic carbocycles. The molecule has 2 N–H and O–H groups in total. The third-order valence-corrected chi connectivity index (χ3v) is 5.38. The molecule has 0 radical (unpaired) electrons. The van der Waals surface area contributed by atoms with E-state index < -0.39 is 5.60 Å². The highest BCUT2D eigenvalue weighted by Crippen LogP contribution is 2.32. The Balaban J connectivity index is 0.00000242. The SMILES string of the molecule is CCNC(=NCC1(O)CCC1)N1CCC(C(CC)CC)C1.I. The highest BCUT2D eigenvalue weighted by atomic mass is 127. The predicted octanol–water partition coefficient (Wildman–Crippen LogP) is 3.24. The Morgan fingerprint density at radius 2 is 2.00 bits per heavy atom. The summed E-state index contributed by atoms with van der Waals surface area (Å²) in [4.78, 5) is 7.11. The first-order valence-corrected chi connectivity index (χ1v) is 8.87. The van der Waals surface area contributed by atoms with Gasteiger partial charge in [0.05, 0.1) is 12.1 Å². The second-order valence-corrected chi connectivity index (χ2v) is 6.82. The lowest BCUT2D eigenvalue weighted by Gasteiger charge is -2.35. The molecule has 22 heavy (non-hydrogen) atoms. The molecule has 1 saturated carbocycles. The van der Waals surface area contributed by atoms with Gasteiger partial charge in [0.15, 0.2) is 5.96 Å². The average Bonchev–Trinajstić information content (AvgIpc) is 2.92. The van der Waals surface area contributed by atoms with Crippen molar-refractivity contribution in [2.24, 2.45) is 16.8 Å². The van der Waals surface area contributed by atoms with Gasteiger partial charge in [0.2, 0.25) is 0 Å². The van der Waals surface area contributed by atoms with Crippen molar-refractivity contribution < 1.29 is 5.11 Å². The molecule has 0 spiro atoms. The van der Waals surface area contributed by atoms with E-state index in [1.165, 1.54) is 19.3 Å². The number of aliphatic imine (C=N–C) groups is 1. The molecule has 0 amide bonds. The van der Waals surface area contributed by atoms with Crippen molar-refractivity contribution in [3.63, 3.8) is 0 Å². The monoisotopic (exact) mass is 423 g/mol. The molecule has 2 fully saturated rings. The number of hydrogen-bond acceptors (Lipinski definition) is 2. The van der Waals surface area contributed by atoms with E-state index in [-0.39, 0.29) is 24.0 Å². The summed E-state index contributed by atoms with van der Waals surface area (Å²) in [6, 6.07) is 0. The molecule has 1 unspecified atom stereocenters. The second kappa shape index (κ2) is 9.30. The van der Waals surface area contributed by atoms with Gasteiger partial charge in [-0.25, -0.2) is 0 Å². The van der Waals surface area contributed by atoms with Gasteiger partial charge < -0.3 is 15.3 Å². The molecule has 0 bridgehead atoms. The Morgan fingerprint density at radius 1 is 1.32 bits per heavy atom. The summed E-state index contributed by atoms with van der Waals surface area (Å²) in [7, 11) is 0. The first-order chi connectivity index (χ1) is 10.1. The number of rotatable bonds is 6. The molecule has 1 heterocycles. The molecule has 2 rings (SSSR count). The van der Waals surface area contributed by atoms with Gasteiger partial charge in [0.25, 0.3) is 0 Å². The zero-order chi connectivity index (χ0) is 15.3. The van der Waals surface area contributed by atoms with Crippen LogP contribution in [0.4, 0.5) is 0 Å². The number of guanidine groups is 1. The van der Waals surface area contributed by atoms with Crippen LogP contribution in [0.2, 0.25) is 0 Å². The highest BCUT2D eigenvalue weighted by Gasteiger charge is 2.35. The van der Waals surface area contributed by atoms with Crippen LogP contribution in [0.5, 0.6) is 0 Å². The maximum absolute atomic E-state index is 10.2. The maximum atomic E-state index is 10.2. The first-order valence-electron chi connectivity index (χ1n) is 8.87. The Hall–Kier alpha value is -0.0400. The molecule has 0 aromatic carbocycles. The highest BCUT2D eigenvalue weighted by molar-refractivity contribution is 14.0. The normalized spacial score (nSPS) is 24.1. The standard InChI is InChI=1S/C17H33N3O.HI/c1-4-14(5-2)15-8-11-20(12-15)16(18-6-3)19-13-17(21)9-7-10-17;/h14-15,21H,4-13H2,1-3H3,(H,18,19);1H. The Labute approximate surface area is 153 Å². The van der Waals surface area contributed by atoms with Gasteiger partial charge >= 0.3 is 0 Å². The van der Waals surface area contributed by atoms with Crippen molar-refractivity contribution in [1.29, 1.82) is 0 Å². The summed E-state index contributed by atoms with van der Waals surface area (Å²) in [5.74, 6) is 2.65. The Bertz CT molecular complexity index is 354. The lowest BCUT2D eigenvalue weighted by molar-refractivity contribution is -0.0237. The summed E-state index contributed by atoms with van der Waals surface area (Å²) < 4.78 is 0. The van der Waals surface area contributed by atoms with Crippen LogP contribution >= 0.6 is 24.0 Å². The number of halogens is 1. The lowest BCUT2D eigenvalue weighted by atomic mass is 9.80. The fourth-order valence-electron chi connectivity index (χ4n) is 3.71. The molecule has 4 nitrogen and oxygen atoms in total. The summed E-state index contributed by atoms with van der Waals surface area (Å²) in [5.41, 5.74) is -0.519. The minimum Gasteiger partial charge on any atom is -0.388 e. The number of aliphatic hydroxyl groups is 1. The largest absolute Gasteiger partial charge is 0.388 e. The topological polar surface area (TPSA) is 47.9 Å². The van der Waals surface area contributed by atoms with E-state index in [0.29, 0.717) is 6.54 Å². The number of nitrogens with zero attached hydrogens (tertiary/aromatic N) is 2. The molecular formula is C17H34IN3O. The van der Waals surface area contributed by atoms with E-state index >= 15 is 0 Å². The van der Waals surface area contributed by atoms with Gasteiger partial charge in [-0.05, 0) is 44.4 Å². The summed E-state index contributed by atoms with van der Waals surface area (Å²) in [5, 5.41) is 13.6. The van der Waals surface area contributed by atoms with Crippen LogP contribution < -0.4 is 5.32 Å². The zero-order valence-electron chi connectivity index (χ0n) is 14.5. The van der Waals surface area contributed by atoms with Crippen LogP contribution in [0.1, 0.15) is 59.3 Å². The minimum atomic E-state index is -0.519. The van der Waals surface area contributed by atoms with Gasteiger partial charge in [0.1, 0.15) is 0 Å².